The minimum atomic E-state index is -0.689. The Hall–Kier alpha value is -1.98. The van der Waals surface area contributed by atoms with Crippen molar-refractivity contribution in [2.75, 3.05) is 13.1 Å². The average molecular weight is 254 g/mol. The van der Waals surface area contributed by atoms with Crippen LogP contribution in [0.25, 0.3) is 0 Å². The van der Waals surface area contributed by atoms with Gasteiger partial charge in [0.25, 0.3) is 0 Å². The van der Waals surface area contributed by atoms with Gasteiger partial charge < -0.3 is 10.2 Å². The van der Waals surface area contributed by atoms with E-state index in [9.17, 15) is 18.4 Å². The molecular formula is C12H12F2N2O2. The number of hydrogen-bond donors (Lipinski definition) is 1. The molecule has 1 saturated heterocycles. The van der Waals surface area contributed by atoms with Crippen LogP contribution in [0.1, 0.15) is 12.0 Å². The number of nitrogens with one attached hydrogen (secondary N) is 1. The third kappa shape index (κ3) is 2.82. The van der Waals surface area contributed by atoms with Gasteiger partial charge in [-0.1, -0.05) is 6.07 Å². The normalized spacial score (nSPS) is 16.4. The summed E-state index contributed by atoms with van der Waals surface area (Å²) in [4.78, 5) is 24.2. The fraction of sp³-hybridized carbons (Fsp3) is 0.333. The number of amides is 2. The number of halogens is 2. The highest BCUT2D eigenvalue weighted by molar-refractivity contribution is 5.87. The van der Waals surface area contributed by atoms with Crippen molar-refractivity contribution in [3.8, 4) is 0 Å². The zero-order chi connectivity index (χ0) is 13.1. The molecule has 0 radical (unpaired) electrons. The van der Waals surface area contributed by atoms with Crippen LogP contribution < -0.4 is 5.32 Å². The molecule has 96 valence electrons. The van der Waals surface area contributed by atoms with E-state index in [0.717, 1.165) is 12.1 Å². The molecule has 1 aromatic rings. The van der Waals surface area contributed by atoms with Gasteiger partial charge in [0.15, 0.2) is 0 Å². The van der Waals surface area contributed by atoms with Crippen LogP contribution in [-0.4, -0.2) is 29.8 Å². The van der Waals surface area contributed by atoms with E-state index >= 15 is 0 Å². The molecule has 1 aromatic carbocycles. The monoisotopic (exact) mass is 254 g/mol. The van der Waals surface area contributed by atoms with E-state index in [1.807, 2.05) is 0 Å². The maximum Gasteiger partial charge on any atom is 0.242 e. The first-order chi connectivity index (χ1) is 8.56. The number of carbonyl (C=O) groups excluding carboxylic acids is 2. The smallest absolute Gasteiger partial charge is 0.242 e. The highest BCUT2D eigenvalue weighted by Gasteiger charge is 2.21. The fourth-order valence-electron chi connectivity index (χ4n) is 1.76. The molecule has 4 nitrogen and oxygen atoms in total. The fourth-order valence-corrected chi connectivity index (χ4v) is 1.76. The zero-order valence-electron chi connectivity index (χ0n) is 9.58. The second-order valence-corrected chi connectivity index (χ2v) is 4.08. The molecule has 2 amide bonds. The Morgan fingerprint density at radius 2 is 2.06 bits per heavy atom. The van der Waals surface area contributed by atoms with Crippen molar-refractivity contribution < 1.29 is 18.4 Å². The third-order valence-electron chi connectivity index (χ3n) is 2.77. The Labute approximate surface area is 103 Å². The Morgan fingerprint density at radius 1 is 1.28 bits per heavy atom. The number of nitrogens with zero attached hydrogens (tertiary/aromatic N) is 1. The van der Waals surface area contributed by atoms with Gasteiger partial charge in [-0.3, -0.25) is 9.59 Å². The lowest BCUT2D eigenvalue weighted by molar-refractivity contribution is -0.130. The maximum atomic E-state index is 13.5. The molecular weight excluding hydrogens is 242 g/mol. The molecule has 18 heavy (non-hydrogen) atoms. The van der Waals surface area contributed by atoms with E-state index in [4.69, 9.17) is 0 Å². The van der Waals surface area contributed by atoms with E-state index in [2.05, 4.69) is 5.32 Å². The van der Waals surface area contributed by atoms with E-state index in [-0.39, 0.29) is 43.4 Å². The standard InChI is InChI=1S/C12H12F2N2O2/c13-9-2-1-8(10(14)5-9)7-16-4-3-11(17)15-6-12(16)18/h1-2,5H,3-4,6-7H2,(H,15,17). The first-order valence-corrected chi connectivity index (χ1v) is 5.54. The van der Waals surface area contributed by atoms with E-state index in [1.54, 1.807) is 0 Å². The van der Waals surface area contributed by atoms with E-state index in [0.29, 0.717) is 0 Å². The third-order valence-corrected chi connectivity index (χ3v) is 2.77. The lowest BCUT2D eigenvalue weighted by Crippen LogP contribution is -2.34. The van der Waals surface area contributed by atoms with Crippen LogP contribution >= 0.6 is 0 Å². The summed E-state index contributed by atoms with van der Waals surface area (Å²) in [5.41, 5.74) is 0.235. The van der Waals surface area contributed by atoms with Crippen molar-refractivity contribution in [3.05, 3.63) is 35.4 Å². The molecule has 1 heterocycles. The molecule has 1 aliphatic heterocycles. The summed E-state index contributed by atoms with van der Waals surface area (Å²) in [5, 5.41) is 2.45. The van der Waals surface area contributed by atoms with Gasteiger partial charge in [-0.15, -0.1) is 0 Å². The molecule has 2 rings (SSSR count). The molecule has 1 fully saturated rings. The second-order valence-electron chi connectivity index (χ2n) is 4.08. The first kappa shape index (κ1) is 12.5. The summed E-state index contributed by atoms with van der Waals surface area (Å²) >= 11 is 0. The largest absolute Gasteiger partial charge is 0.347 e. The predicted octanol–water partition coefficient (Wildman–Crippen LogP) is 0.813. The summed E-state index contributed by atoms with van der Waals surface area (Å²) in [6.45, 7) is 0.197. The van der Waals surface area contributed by atoms with Gasteiger partial charge in [-0.25, -0.2) is 8.78 Å². The number of rotatable bonds is 2. The minimum Gasteiger partial charge on any atom is -0.347 e. The average Bonchev–Trinajstić information content (AvgIpc) is 2.47. The Balaban J connectivity index is 2.12. The predicted molar refractivity (Wildman–Crippen MR) is 59.4 cm³/mol. The van der Waals surface area contributed by atoms with Crippen molar-refractivity contribution in [2.24, 2.45) is 0 Å². The minimum absolute atomic E-state index is 0.0416. The van der Waals surface area contributed by atoms with Gasteiger partial charge in [-0.05, 0) is 6.07 Å². The molecule has 0 bridgehead atoms. The van der Waals surface area contributed by atoms with Crippen molar-refractivity contribution >= 4 is 11.8 Å². The lowest BCUT2D eigenvalue weighted by atomic mass is 10.2. The number of hydrogen-bond acceptors (Lipinski definition) is 2. The molecule has 0 aliphatic carbocycles. The molecule has 0 atom stereocenters. The van der Waals surface area contributed by atoms with Gasteiger partial charge in [0, 0.05) is 31.1 Å². The van der Waals surface area contributed by atoms with Crippen molar-refractivity contribution in [2.45, 2.75) is 13.0 Å². The summed E-state index contributed by atoms with van der Waals surface area (Å²) in [6, 6.07) is 3.23. The SMILES string of the molecule is O=C1CCN(Cc2ccc(F)cc2F)C(=O)CN1. The van der Waals surface area contributed by atoms with E-state index in [1.165, 1.54) is 11.0 Å². The topological polar surface area (TPSA) is 49.4 Å². The van der Waals surface area contributed by atoms with Gasteiger partial charge in [0.2, 0.25) is 11.8 Å². The number of benzene rings is 1. The van der Waals surface area contributed by atoms with Crippen LogP contribution in [0.5, 0.6) is 0 Å². The molecule has 0 aromatic heterocycles. The summed E-state index contributed by atoms with van der Waals surface area (Å²) in [5.74, 6) is -1.82. The lowest BCUT2D eigenvalue weighted by Gasteiger charge is -2.20. The van der Waals surface area contributed by atoms with Crippen molar-refractivity contribution in [1.82, 2.24) is 10.2 Å². The quantitative estimate of drug-likeness (QED) is 0.849. The summed E-state index contributed by atoms with van der Waals surface area (Å²) < 4.78 is 26.2. The van der Waals surface area contributed by atoms with Gasteiger partial charge in [-0.2, -0.15) is 0 Å². The molecule has 0 saturated carbocycles. The zero-order valence-corrected chi connectivity index (χ0v) is 9.58. The summed E-state index contributed by atoms with van der Waals surface area (Å²) in [7, 11) is 0. The Morgan fingerprint density at radius 3 is 2.78 bits per heavy atom. The van der Waals surface area contributed by atoms with Crippen LogP contribution in [0.15, 0.2) is 18.2 Å². The summed E-state index contributed by atoms with van der Waals surface area (Å²) in [6.07, 6.45) is 0.189. The highest BCUT2D eigenvalue weighted by Crippen LogP contribution is 2.13. The molecule has 6 heteroatoms. The van der Waals surface area contributed by atoms with Gasteiger partial charge in [0.05, 0.1) is 6.54 Å². The van der Waals surface area contributed by atoms with Crippen molar-refractivity contribution in [1.29, 1.82) is 0 Å². The molecule has 1 N–H and O–H groups in total. The van der Waals surface area contributed by atoms with Crippen LogP contribution in [0.2, 0.25) is 0 Å². The highest BCUT2D eigenvalue weighted by atomic mass is 19.1. The molecule has 1 aliphatic rings. The van der Waals surface area contributed by atoms with Gasteiger partial charge >= 0.3 is 0 Å². The van der Waals surface area contributed by atoms with Gasteiger partial charge in [0.1, 0.15) is 11.6 Å². The van der Waals surface area contributed by atoms with Crippen LogP contribution in [0, 0.1) is 11.6 Å². The number of carbonyl (C=O) groups is 2. The second kappa shape index (κ2) is 5.12. The van der Waals surface area contributed by atoms with Crippen molar-refractivity contribution in [3.63, 3.8) is 0 Å². The Bertz CT molecular complexity index is 491. The maximum absolute atomic E-state index is 13.5. The van der Waals surface area contributed by atoms with Crippen LogP contribution in [0.3, 0.4) is 0 Å². The van der Waals surface area contributed by atoms with Crippen LogP contribution in [-0.2, 0) is 16.1 Å². The van der Waals surface area contributed by atoms with E-state index < -0.39 is 11.6 Å². The first-order valence-electron chi connectivity index (χ1n) is 5.54. The van der Waals surface area contributed by atoms with Crippen LogP contribution in [0.4, 0.5) is 8.78 Å². The molecule has 0 unspecified atom stereocenters. The Kier molecular flexibility index (Phi) is 3.55. The molecule has 0 spiro atoms.